The van der Waals surface area contributed by atoms with E-state index in [2.05, 4.69) is 15.6 Å². The van der Waals surface area contributed by atoms with Crippen LogP contribution in [-0.4, -0.2) is 69.1 Å². The topological polar surface area (TPSA) is 147 Å². The summed E-state index contributed by atoms with van der Waals surface area (Å²) in [6.07, 6.45) is 0.405. The van der Waals surface area contributed by atoms with Gasteiger partial charge in [0.25, 0.3) is 0 Å². The Hall–Kier alpha value is -1.72. The number of aromatic nitrogens is 1. The van der Waals surface area contributed by atoms with Crippen LogP contribution in [-0.2, 0) is 14.3 Å². The summed E-state index contributed by atoms with van der Waals surface area (Å²) in [4.78, 5) is 27.7. The Labute approximate surface area is 162 Å². The summed E-state index contributed by atoms with van der Waals surface area (Å²) in [5.41, 5.74) is 6.28. The molecule has 2 rings (SSSR count). The van der Waals surface area contributed by atoms with Crippen LogP contribution in [0.2, 0.25) is 0 Å². The second-order valence-corrected chi connectivity index (χ2v) is 7.62. The van der Waals surface area contributed by atoms with Crippen molar-refractivity contribution in [2.24, 2.45) is 5.73 Å². The second kappa shape index (κ2) is 10.00. The van der Waals surface area contributed by atoms with Gasteiger partial charge < -0.3 is 31.3 Å². The first-order valence-corrected chi connectivity index (χ1v) is 9.67. The summed E-state index contributed by atoms with van der Waals surface area (Å²) in [7, 11) is 0. The second-order valence-electron chi connectivity index (χ2n) is 6.49. The number of hydrogen-bond donors (Lipinski definition) is 5. The molecule has 9 nitrogen and oxygen atoms in total. The van der Waals surface area contributed by atoms with Crippen LogP contribution in [0, 0.1) is 6.92 Å². The van der Waals surface area contributed by atoms with Gasteiger partial charge in [0.15, 0.2) is 0 Å². The molecule has 10 heteroatoms. The largest absolute Gasteiger partial charge is 0.394 e. The van der Waals surface area contributed by atoms with E-state index < -0.39 is 35.6 Å². The Balaban J connectivity index is 1.94. The maximum atomic E-state index is 12.3. The van der Waals surface area contributed by atoms with E-state index in [9.17, 15) is 19.8 Å². The van der Waals surface area contributed by atoms with Gasteiger partial charge in [-0.25, -0.2) is 4.98 Å². The smallest absolute Gasteiger partial charge is 0.243 e. The third-order valence-corrected chi connectivity index (χ3v) is 5.34. The lowest BCUT2D eigenvalue weighted by molar-refractivity contribution is -0.128. The highest BCUT2D eigenvalue weighted by Gasteiger charge is 2.39. The molecule has 1 aromatic heterocycles. The number of thioether (sulfide) groups is 1. The van der Waals surface area contributed by atoms with Crippen LogP contribution in [0.3, 0.4) is 0 Å². The molecule has 2 amide bonds. The standard InChI is InChI=1S/C17H26N4O5S/c1-9-3-4-19-14(5-9)21-16(25)12(18)8-27-17-15(20-10(2)23)13(24)6-11(7-22)26-17/h3-5,11-13,15,17,22,24H,6-8,18H2,1-2H3,(H,20,23)(H,19,21,25)/t11-,12-,13-,15+,17-/m0/s1. The van der Waals surface area contributed by atoms with Crippen LogP contribution in [0.25, 0.3) is 0 Å². The SMILES string of the molecule is CC(=O)N[C@@H]1[C@@H](O)C[C@@H](CO)O[C@H]1SC[C@H](N)C(=O)Nc1cc(C)ccn1. The van der Waals surface area contributed by atoms with E-state index in [-0.39, 0.29) is 24.7 Å². The summed E-state index contributed by atoms with van der Waals surface area (Å²) in [5, 5.41) is 24.9. The summed E-state index contributed by atoms with van der Waals surface area (Å²) >= 11 is 1.21. The van der Waals surface area contributed by atoms with Gasteiger partial charge in [-0.15, -0.1) is 11.8 Å². The van der Waals surface area contributed by atoms with Crippen LogP contribution in [0.4, 0.5) is 5.82 Å². The summed E-state index contributed by atoms with van der Waals surface area (Å²) in [6.45, 7) is 2.99. The van der Waals surface area contributed by atoms with Crippen molar-refractivity contribution < 1.29 is 24.5 Å². The van der Waals surface area contributed by atoms with Crippen LogP contribution in [0.5, 0.6) is 0 Å². The molecule has 6 N–H and O–H groups in total. The van der Waals surface area contributed by atoms with E-state index in [0.29, 0.717) is 5.82 Å². The Morgan fingerprint density at radius 3 is 2.89 bits per heavy atom. The highest BCUT2D eigenvalue weighted by molar-refractivity contribution is 7.99. The van der Waals surface area contributed by atoms with Gasteiger partial charge in [-0.2, -0.15) is 0 Å². The maximum Gasteiger partial charge on any atom is 0.243 e. The summed E-state index contributed by atoms with van der Waals surface area (Å²) in [6, 6.07) is 2.06. The summed E-state index contributed by atoms with van der Waals surface area (Å²) in [5.74, 6) is -0.0836. The number of anilines is 1. The average molecular weight is 398 g/mol. The van der Waals surface area contributed by atoms with Gasteiger partial charge in [0.1, 0.15) is 11.3 Å². The zero-order chi connectivity index (χ0) is 20.0. The van der Waals surface area contributed by atoms with Crippen molar-refractivity contribution in [2.45, 2.75) is 50.0 Å². The van der Waals surface area contributed by atoms with Crippen LogP contribution in [0.15, 0.2) is 18.3 Å². The molecular weight excluding hydrogens is 372 g/mol. The minimum absolute atomic E-state index is 0.198. The van der Waals surface area contributed by atoms with Crippen molar-refractivity contribution in [1.29, 1.82) is 0 Å². The molecule has 2 heterocycles. The van der Waals surface area contributed by atoms with Crippen LogP contribution >= 0.6 is 11.8 Å². The van der Waals surface area contributed by atoms with Crippen LogP contribution < -0.4 is 16.4 Å². The first-order valence-electron chi connectivity index (χ1n) is 8.62. The molecule has 27 heavy (non-hydrogen) atoms. The third kappa shape index (κ3) is 6.43. The fraction of sp³-hybridized carbons (Fsp3) is 0.588. The van der Waals surface area contributed by atoms with Gasteiger partial charge in [-0.3, -0.25) is 9.59 Å². The fourth-order valence-corrected chi connectivity index (χ4v) is 3.93. The third-order valence-electron chi connectivity index (χ3n) is 4.06. The Kier molecular flexibility index (Phi) is 7.99. The van der Waals surface area contributed by atoms with Gasteiger partial charge in [0, 0.05) is 25.3 Å². The predicted molar refractivity (Wildman–Crippen MR) is 102 cm³/mol. The number of rotatable bonds is 7. The molecule has 1 aromatic rings. The number of nitrogens with two attached hydrogens (primary N) is 1. The molecule has 0 aromatic carbocycles. The molecule has 5 atom stereocenters. The maximum absolute atomic E-state index is 12.3. The van der Waals surface area contributed by atoms with Crippen molar-refractivity contribution in [1.82, 2.24) is 10.3 Å². The number of amides is 2. The quantitative estimate of drug-likeness (QED) is 0.408. The molecule has 0 aliphatic carbocycles. The number of nitrogens with zero attached hydrogens (tertiary/aromatic N) is 1. The van der Waals surface area contributed by atoms with Crippen molar-refractivity contribution in [3.05, 3.63) is 23.9 Å². The number of carbonyl (C=O) groups is 2. The number of nitrogens with one attached hydrogen (secondary N) is 2. The van der Waals surface area contributed by atoms with E-state index in [1.165, 1.54) is 18.7 Å². The van der Waals surface area contributed by atoms with Crippen molar-refractivity contribution >= 4 is 29.4 Å². The van der Waals surface area contributed by atoms with E-state index in [1.807, 2.05) is 13.0 Å². The highest BCUT2D eigenvalue weighted by atomic mass is 32.2. The number of hydrogen-bond acceptors (Lipinski definition) is 8. The van der Waals surface area contributed by atoms with Gasteiger partial charge in [-0.1, -0.05) is 0 Å². The molecule has 150 valence electrons. The lowest BCUT2D eigenvalue weighted by Crippen LogP contribution is -2.56. The molecule has 0 radical (unpaired) electrons. The molecule has 1 aliphatic rings. The Morgan fingerprint density at radius 2 is 2.26 bits per heavy atom. The molecule has 0 saturated carbocycles. The Morgan fingerprint density at radius 1 is 1.52 bits per heavy atom. The lowest BCUT2D eigenvalue weighted by atomic mass is 10.0. The van der Waals surface area contributed by atoms with Gasteiger partial charge in [-0.05, 0) is 24.6 Å². The molecular formula is C17H26N4O5S. The van der Waals surface area contributed by atoms with E-state index in [4.69, 9.17) is 10.5 Å². The van der Waals surface area contributed by atoms with E-state index in [0.717, 1.165) is 5.56 Å². The first-order chi connectivity index (χ1) is 12.8. The average Bonchev–Trinajstić information content (AvgIpc) is 2.61. The van der Waals surface area contributed by atoms with Crippen LogP contribution in [0.1, 0.15) is 18.9 Å². The van der Waals surface area contributed by atoms with Gasteiger partial charge >= 0.3 is 0 Å². The molecule has 1 aliphatic heterocycles. The van der Waals surface area contributed by atoms with E-state index >= 15 is 0 Å². The number of pyridine rings is 1. The zero-order valence-corrected chi connectivity index (χ0v) is 16.1. The first kappa shape index (κ1) is 21.6. The zero-order valence-electron chi connectivity index (χ0n) is 15.3. The van der Waals surface area contributed by atoms with Gasteiger partial charge in [0.05, 0.1) is 30.9 Å². The minimum Gasteiger partial charge on any atom is -0.394 e. The number of aryl methyl sites for hydroxylation is 1. The van der Waals surface area contributed by atoms with Crippen molar-refractivity contribution in [3.8, 4) is 0 Å². The normalized spacial score (nSPS) is 26.3. The lowest BCUT2D eigenvalue weighted by Gasteiger charge is -2.39. The number of aliphatic hydroxyl groups is 2. The Bertz CT molecular complexity index is 662. The van der Waals surface area contributed by atoms with Crippen molar-refractivity contribution in [3.63, 3.8) is 0 Å². The predicted octanol–water partition coefficient (Wildman–Crippen LogP) is -0.638. The molecule has 1 saturated heterocycles. The molecule has 0 bridgehead atoms. The number of ether oxygens (including phenoxy) is 1. The number of carbonyl (C=O) groups excluding carboxylic acids is 2. The minimum atomic E-state index is -0.862. The molecule has 0 spiro atoms. The highest BCUT2D eigenvalue weighted by Crippen LogP contribution is 2.28. The van der Waals surface area contributed by atoms with Gasteiger partial charge in [0.2, 0.25) is 11.8 Å². The monoisotopic (exact) mass is 398 g/mol. The summed E-state index contributed by atoms with van der Waals surface area (Å²) < 4.78 is 5.72. The fourth-order valence-electron chi connectivity index (χ4n) is 2.68. The molecule has 0 unspecified atom stereocenters. The van der Waals surface area contributed by atoms with Crippen molar-refractivity contribution in [2.75, 3.05) is 17.7 Å². The molecule has 1 fully saturated rings. The van der Waals surface area contributed by atoms with E-state index in [1.54, 1.807) is 12.3 Å². The number of aliphatic hydroxyl groups excluding tert-OH is 2.